The van der Waals surface area contributed by atoms with E-state index in [0.29, 0.717) is 12.4 Å². The third-order valence-corrected chi connectivity index (χ3v) is 4.19. The van der Waals surface area contributed by atoms with E-state index in [0.717, 1.165) is 24.0 Å². The second-order valence-electron chi connectivity index (χ2n) is 5.40. The minimum Gasteiger partial charge on any atom is -0.352 e. The topological polar surface area (TPSA) is 29.1 Å². The highest BCUT2D eigenvalue weighted by Crippen LogP contribution is 2.37. The van der Waals surface area contributed by atoms with Crippen molar-refractivity contribution in [3.8, 4) is 0 Å². The molecule has 1 amide bonds. The lowest BCUT2D eigenvalue weighted by molar-refractivity contribution is -0.130. The van der Waals surface area contributed by atoms with Gasteiger partial charge >= 0.3 is 0 Å². The van der Waals surface area contributed by atoms with Crippen molar-refractivity contribution in [2.24, 2.45) is 5.41 Å². The van der Waals surface area contributed by atoms with Crippen LogP contribution < -0.4 is 5.32 Å². The van der Waals surface area contributed by atoms with Crippen LogP contribution in [-0.2, 0) is 17.2 Å². The van der Waals surface area contributed by atoms with Gasteiger partial charge in [-0.05, 0) is 24.0 Å². The molecule has 3 heteroatoms. The van der Waals surface area contributed by atoms with E-state index in [-0.39, 0.29) is 11.3 Å². The molecule has 1 aliphatic rings. The average Bonchev–Trinajstić information content (AvgIpc) is 2.85. The Morgan fingerprint density at radius 3 is 2.33 bits per heavy atom. The molecule has 0 aromatic heterocycles. The lowest BCUT2D eigenvalue weighted by Crippen LogP contribution is -2.36. The summed E-state index contributed by atoms with van der Waals surface area (Å²) in [7, 11) is 0. The van der Waals surface area contributed by atoms with E-state index in [4.69, 9.17) is 11.6 Å². The molecule has 1 fully saturated rings. The number of nitrogens with one attached hydrogen (secondary N) is 1. The van der Waals surface area contributed by atoms with Gasteiger partial charge in [0, 0.05) is 17.8 Å². The fraction of sp³-hybridized carbons (Fsp3) is 0.533. The Bertz CT molecular complexity index is 407. The standard InChI is InChI=1S/C15H20ClNO/c1-15(8-2-3-9-15)14(18)17-11-13-6-4-12(10-16)5-7-13/h4-7H,2-3,8-11H2,1H3,(H,17,18). The van der Waals surface area contributed by atoms with Crippen LogP contribution in [0.2, 0.25) is 0 Å². The van der Waals surface area contributed by atoms with Crippen molar-refractivity contribution in [3.63, 3.8) is 0 Å². The van der Waals surface area contributed by atoms with Gasteiger partial charge in [0.15, 0.2) is 0 Å². The summed E-state index contributed by atoms with van der Waals surface area (Å²) in [6.07, 6.45) is 4.39. The molecule has 2 rings (SSSR count). The zero-order valence-corrected chi connectivity index (χ0v) is 11.6. The molecule has 0 heterocycles. The van der Waals surface area contributed by atoms with Crippen LogP contribution in [0.25, 0.3) is 0 Å². The summed E-state index contributed by atoms with van der Waals surface area (Å²) < 4.78 is 0. The number of rotatable bonds is 4. The molecule has 0 bridgehead atoms. The minimum absolute atomic E-state index is 0.143. The Balaban J connectivity index is 1.88. The third-order valence-electron chi connectivity index (χ3n) is 3.89. The third kappa shape index (κ3) is 3.05. The molecule has 18 heavy (non-hydrogen) atoms. The lowest BCUT2D eigenvalue weighted by atomic mass is 9.88. The van der Waals surface area contributed by atoms with Gasteiger partial charge < -0.3 is 5.32 Å². The highest BCUT2D eigenvalue weighted by molar-refractivity contribution is 6.17. The Morgan fingerprint density at radius 2 is 1.78 bits per heavy atom. The van der Waals surface area contributed by atoms with Crippen LogP contribution >= 0.6 is 11.6 Å². The molecule has 1 aromatic rings. The van der Waals surface area contributed by atoms with Crippen molar-refractivity contribution in [2.75, 3.05) is 0 Å². The highest BCUT2D eigenvalue weighted by Gasteiger charge is 2.35. The molecule has 1 saturated carbocycles. The summed E-state index contributed by atoms with van der Waals surface area (Å²) >= 11 is 5.74. The van der Waals surface area contributed by atoms with Gasteiger partial charge in [0.1, 0.15) is 0 Å². The van der Waals surface area contributed by atoms with Gasteiger partial charge in [0.25, 0.3) is 0 Å². The van der Waals surface area contributed by atoms with Crippen molar-refractivity contribution in [3.05, 3.63) is 35.4 Å². The fourth-order valence-corrected chi connectivity index (χ4v) is 2.70. The number of alkyl halides is 1. The Labute approximate surface area is 114 Å². The summed E-state index contributed by atoms with van der Waals surface area (Å²) in [6.45, 7) is 2.68. The molecule has 2 nitrogen and oxygen atoms in total. The Morgan fingerprint density at radius 1 is 1.22 bits per heavy atom. The quantitative estimate of drug-likeness (QED) is 0.828. The molecular weight excluding hydrogens is 246 g/mol. The molecule has 0 atom stereocenters. The molecule has 0 aliphatic heterocycles. The normalized spacial score (nSPS) is 17.7. The predicted molar refractivity (Wildman–Crippen MR) is 74.4 cm³/mol. The van der Waals surface area contributed by atoms with E-state index in [9.17, 15) is 4.79 Å². The van der Waals surface area contributed by atoms with Crippen LogP contribution in [0.3, 0.4) is 0 Å². The first-order valence-electron chi connectivity index (χ1n) is 6.56. The summed E-state index contributed by atoms with van der Waals surface area (Å²) in [5.74, 6) is 0.728. The predicted octanol–water partition coefficient (Wildman–Crippen LogP) is 3.62. The maximum absolute atomic E-state index is 12.1. The van der Waals surface area contributed by atoms with Crippen LogP contribution in [-0.4, -0.2) is 5.91 Å². The number of carbonyl (C=O) groups is 1. The number of hydrogen-bond donors (Lipinski definition) is 1. The van der Waals surface area contributed by atoms with Crippen LogP contribution in [0.15, 0.2) is 24.3 Å². The smallest absolute Gasteiger partial charge is 0.226 e. The van der Waals surface area contributed by atoms with Crippen molar-refractivity contribution < 1.29 is 4.79 Å². The van der Waals surface area contributed by atoms with Crippen molar-refractivity contribution >= 4 is 17.5 Å². The van der Waals surface area contributed by atoms with Crippen LogP contribution in [0, 0.1) is 5.41 Å². The molecular formula is C15H20ClNO. The average molecular weight is 266 g/mol. The van der Waals surface area contributed by atoms with E-state index in [1.807, 2.05) is 24.3 Å². The largest absolute Gasteiger partial charge is 0.352 e. The molecule has 0 radical (unpaired) electrons. The van der Waals surface area contributed by atoms with Gasteiger partial charge in [-0.3, -0.25) is 4.79 Å². The van der Waals surface area contributed by atoms with Gasteiger partial charge in [-0.25, -0.2) is 0 Å². The number of carbonyl (C=O) groups excluding carboxylic acids is 1. The number of amides is 1. The first-order valence-corrected chi connectivity index (χ1v) is 7.10. The van der Waals surface area contributed by atoms with E-state index < -0.39 is 0 Å². The molecule has 0 spiro atoms. The zero-order chi connectivity index (χ0) is 13.0. The van der Waals surface area contributed by atoms with E-state index in [2.05, 4.69) is 12.2 Å². The van der Waals surface area contributed by atoms with E-state index in [1.54, 1.807) is 0 Å². The maximum Gasteiger partial charge on any atom is 0.226 e. The number of benzene rings is 1. The van der Waals surface area contributed by atoms with Gasteiger partial charge in [-0.15, -0.1) is 11.6 Å². The van der Waals surface area contributed by atoms with Crippen molar-refractivity contribution in [1.29, 1.82) is 0 Å². The SMILES string of the molecule is CC1(C(=O)NCc2ccc(CCl)cc2)CCCC1. The maximum atomic E-state index is 12.1. The van der Waals surface area contributed by atoms with Crippen molar-refractivity contribution in [2.45, 2.75) is 45.0 Å². The first kappa shape index (κ1) is 13.4. The second-order valence-corrected chi connectivity index (χ2v) is 5.67. The number of halogens is 1. The highest BCUT2D eigenvalue weighted by atomic mass is 35.5. The lowest BCUT2D eigenvalue weighted by Gasteiger charge is -2.22. The molecule has 1 N–H and O–H groups in total. The fourth-order valence-electron chi connectivity index (χ4n) is 2.52. The summed E-state index contributed by atoms with van der Waals surface area (Å²) in [4.78, 5) is 12.1. The van der Waals surface area contributed by atoms with E-state index >= 15 is 0 Å². The Hall–Kier alpha value is -1.02. The first-order chi connectivity index (χ1) is 8.64. The monoisotopic (exact) mass is 265 g/mol. The Kier molecular flexibility index (Phi) is 4.28. The summed E-state index contributed by atoms with van der Waals surface area (Å²) in [5.41, 5.74) is 2.09. The van der Waals surface area contributed by atoms with Gasteiger partial charge in [0.05, 0.1) is 0 Å². The van der Waals surface area contributed by atoms with Crippen molar-refractivity contribution in [1.82, 2.24) is 5.32 Å². The molecule has 1 aliphatic carbocycles. The molecule has 0 unspecified atom stereocenters. The molecule has 0 saturated heterocycles. The van der Waals surface area contributed by atoms with Crippen LogP contribution in [0.4, 0.5) is 0 Å². The van der Waals surface area contributed by atoms with Crippen LogP contribution in [0.5, 0.6) is 0 Å². The minimum atomic E-state index is -0.143. The summed E-state index contributed by atoms with van der Waals surface area (Å²) in [5, 5.41) is 3.05. The molecule has 1 aromatic carbocycles. The van der Waals surface area contributed by atoms with Gasteiger partial charge in [-0.1, -0.05) is 44.0 Å². The van der Waals surface area contributed by atoms with Gasteiger partial charge in [-0.2, -0.15) is 0 Å². The zero-order valence-electron chi connectivity index (χ0n) is 10.8. The van der Waals surface area contributed by atoms with E-state index in [1.165, 1.54) is 12.8 Å². The second kappa shape index (κ2) is 5.75. The number of hydrogen-bond acceptors (Lipinski definition) is 1. The van der Waals surface area contributed by atoms with Gasteiger partial charge in [0.2, 0.25) is 5.91 Å². The van der Waals surface area contributed by atoms with Crippen LogP contribution in [0.1, 0.15) is 43.7 Å². The molecule has 98 valence electrons. The summed E-state index contributed by atoms with van der Waals surface area (Å²) in [6, 6.07) is 8.06.